The van der Waals surface area contributed by atoms with Gasteiger partial charge in [-0.25, -0.2) is 0 Å². The smallest absolute Gasteiger partial charge is 0.270 e. The number of ether oxygens (including phenoxy) is 1. The summed E-state index contributed by atoms with van der Waals surface area (Å²) in [6, 6.07) is 10.6. The van der Waals surface area contributed by atoms with Gasteiger partial charge in [-0.15, -0.1) is 0 Å². The summed E-state index contributed by atoms with van der Waals surface area (Å²) in [6.07, 6.45) is 3.89. The predicted octanol–water partition coefficient (Wildman–Crippen LogP) is 2.01. The van der Waals surface area contributed by atoms with Crippen molar-refractivity contribution >= 4 is 16.7 Å². The summed E-state index contributed by atoms with van der Waals surface area (Å²) in [5.74, 6) is 0.344. The van der Waals surface area contributed by atoms with E-state index < -0.39 is 0 Å². The van der Waals surface area contributed by atoms with Gasteiger partial charge in [0.1, 0.15) is 5.69 Å². The molecule has 2 atom stereocenters. The zero-order valence-electron chi connectivity index (χ0n) is 16.8. The third-order valence-corrected chi connectivity index (χ3v) is 5.98. The van der Waals surface area contributed by atoms with Crippen molar-refractivity contribution in [3.05, 3.63) is 42.2 Å². The number of aromatic nitrogens is 1. The number of rotatable bonds is 5. The van der Waals surface area contributed by atoms with Crippen molar-refractivity contribution in [2.45, 2.75) is 24.9 Å². The molecule has 1 aromatic carbocycles. The van der Waals surface area contributed by atoms with E-state index >= 15 is 0 Å². The monoisotopic (exact) mass is 382 g/mol. The van der Waals surface area contributed by atoms with Crippen molar-refractivity contribution in [2.24, 2.45) is 5.92 Å². The quantitative estimate of drug-likeness (QED) is 0.857. The van der Waals surface area contributed by atoms with Crippen LogP contribution in [0, 0.1) is 5.92 Å². The highest BCUT2D eigenvalue weighted by molar-refractivity contribution is 6.05. The molecule has 0 radical (unpaired) electrons. The molecule has 0 aliphatic carbocycles. The molecule has 4 rings (SSSR count). The van der Waals surface area contributed by atoms with Gasteiger partial charge < -0.3 is 15.0 Å². The molecule has 1 N–H and O–H groups in total. The molecule has 2 saturated heterocycles. The van der Waals surface area contributed by atoms with Gasteiger partial charge in [0.25, 0.3) is 5.91 Å². The van der Waals surface area contributed by atoms with Crippen molar-refractivity contribution in [3.63, 3.8) is 0 Å². The topological polar surface area (TPSA) is 57.7 Å². The van der Waals surface area contributed by atoms with E-state index in [0.29, 0.717) is 17.7 Å². The van der Waals surface area contributed by atoms with Gasteiger partial charge >= 0.3 is 0 Å². The molecule has 2 aliphatic heterocycles. The van der Waals surface area contributed by atoms with Gasteiger partial charge in [0.2, 0.25) is 0 Å². The zero-order chi connectivity index (χ0) is 19.5. The Hall–Kier alpha value is -2.02. The molecule has 3 heterocycles. The molecule has 1 amide bonds. The maximum Gasteiger partial charge on any atom is 0.270 e. The van der Waals surface area contributed by atoms with E-state index in [-0.39, 0.29) is 11.9 Å². The van der Waals surface area contributed by atoms with E-state index in [0.717, 1.165) is 56.5 Å². The fraction of sp³-hybridized carbons (Fsp3) is 0.545. The van der Waals surface area contributed by atoms with Crippen LogP contribution in [0.1, 0.15) is 23.3 Å². The molecule has 0 spiro atoms. The fourth-order valence-electron chi connectivity index (χ4n) is 4.61. The second kappa shape index (κ2) is 8.55. The summed E-state index contributed by atoms with van der Waals surface area (Å²) in [7, 11) is 4.20. The minimum absolute atomic E-state index is 0.0700. The van der Waals surface area contributed by atoms with Gasteiger partial charge in [-0.3, -0.25) is 14.7 Å². The highest BCUT2D eigenvalue weighted by Gasteiger charge is 2.37. The van der Waals surface area contributed by atoms with Crippen LogP contribution in [0.5, 0.6) is 0 Å². The average molecular weight is 383 g/mol. The van der Waals surface area contributed by atoms with E-state index in [9.17, 15) is 4.79 Å². The molecule has 0 bridgehead atoms. The molecule has 2 fully saturated rings. The van der Waals surface area contributed by atoms with Crippen LogP contribution in [0.15, 0.2) is 36.5 Å². The molecule has 1 aromatic heterocycles. The van der Waals surface area contributed by atoms with Gasteiger partial charge in [-0.05, 0) is 38.4 Å². The Kier molecular flexibility index (Phi) is 5.90. The van der Waals surface area contributed by atoms with E-state index in [2.05, 4.69) is 34.2 Å². The first-order valence-corrected chi connectivity index (χ1v) is 10.2. The van der Waals surface area contributed by atoms with Gasteiger partial charge in [0.05, 0.1) is 0 Å². The number of pyridine rings is 1. The highest BCUT2D eigenvalue weighted by Crippen LogP contribution is 2.25. The third-order valence-electron chi connectivity index (χ3n) is 5.98. The Bertz CT molecular complexity index is 814. The molecule has 28 heavy (non-hydrogen) atoms. The van der Waals surface area contributed by atoms with E-state index in [4.69, 9.17) is 4.74 Å². The number of hydrogen-bond donors (Lipinski definition) is 1. The number of nitrogens with zero attached hydrogens (tertiary/aromatic N) is 3. The second-order valence-electron chi connectivity index (χ2n) is 8.28. The van der Waals surface area contributed by atoms with Crippen LogP contribution < -0.4 is 5.32 Å². The van der Waals surface area contributed by atoms with E-state index in [1.807, 2.05) is 30.3 Å². The Morgan fingerprint density at radius 1 is 1.21 bits per heavy atom. The van der Waals surface area contributed by atoms with Crippen molar-refractivity contribution in [2.75, 3.05) is 46.9 Å². The normalized spacial score (nSPS) is 24.1. The van der Waals surface area contributed by atoms with Crippen LogP contribution in [0.25, 0.3) is 10.8 Å². The number of carbonyl (C=O) groups is 1. The lowest BCUT2D eigenvalue weighted by Crippen LogP contribution is -2.44. The van der Waals surface area contributed by atoms with Crippen LogP contribution >= 0.6 is 0 Å². The Labute approximate surface area is 166 Å². The molecule has 0 unspecified atom stereocenters. The lowest BCUT2D eigenvalue weighted by Gasteiger charge is -2.31. The molecule has 0 saturated carbocycles. The van der Waals surface area contributed by atoms with Crippen molar-refractivity contribution in [3.8, 4) is 0 Å². The predicted molar refractivity (Wildman–Crippen MR) is 110 cm³/mol. The first-order valence-electron chi connectivity index (χ1n) is 10.2. The van der Waals surface area contributed by atoms with Crippen molar-refractivity contribution < 1.29 is 9.53 Å². The molecular formula is C22H30N4O2. The molecule has 150 valence electrons. The molecule has 6 nitrogen and oxygen atoms in total. The summed E-state index contributed by atoms with van der Waals surface area (Å²) in [4.78, 5) is 22.3. The second-order valence-corrected chi connectivity index (χ2v) is 8.28. The number of likely N-dealkylation sites (tertiary alicyclic amines) is 1. The average Bonchev–Trinajstić information content (AvgIpc) is 3.09. The van der Waals surface area contributed by atoms with E-state index in [1.54, 1.807) is 6.20 Å². The van der Waals surface area contributed by atoms with Gasteiger partial charge in [-0.1, -0.05) is 24.3 Å². The minimum atomic E-state index is -0.0700. The van der Waals surface area contributed by atoms with Gasteiger partial charge in [0.15, 0.2) is 0 Å². The number of amides is 1. The van der Waals surface area contributed by atoms with Gasteiger partial charge in [0, 0.05) is 62.4 Å². The Balaban J connectivity index is 1.51. The Morgan fingerprint density at radius 3 is 2.79 bits per heavy atom. The molecular weight excluding hydrogens is 352 g/mol. The summed E-state index contributed by atoms with van der Waals surface area (Å²) >= 11 is 0. The lowest BCUT2D eigenvalue weighted by molar-refractivity contribution is 0.0403. The standard InChI is InChI=1S/C22H30N4O2/c1-25(2)13-17-14-26(18-8-11-28-12-9-18)15-20(17)24-22(27)21-19-6-4-3-5-16(19)7-10-23-21/h3-7,10,17-18,20H,8-9,11-15H2,1-2H3,(H,24,27)/t17-,20-/m1/s1. The van der Waals surface area contributed by atoms with Crippen LogP contribution in [0.2, 0.25) is 0 Å². The molecule has 6 heteroatoms. The van der Waals surface area contributed by atoms with Crippen molar-refractivity contribution in [1.82, 2.24) is 20.1 Å². The maximum absolute atomic E-state index is 13.1. The molecule has 2 aromatic rings. The maximum atomic E-state index is 13.1. The summed E-state index contributed by atoms with van der Waals surface area (Å²) in [6.45, 7) is 4.58. The van der Waals surface area contributed by atoms with Crippen LogP contribution in [-0.2, 0) is 4.74 Å². The fourth-order valence-corrected chi connectivity index (χ4v) is 4.61. The number of carbonyl (C=O) groups excluding carboxylic acids is 1. The number of hydrogen-bond acceptors (Lipinski definition) is 5. The minimum Gasteiger partial charge on any atom is -0.381 e. The SMILES string of the molecule is CN(C)C[C@@H]1CN(C2CCOCC2)C[C@H]1NC(=O)c1nccc2ccccc12. The molecule has 2 aliphatic rings. The van der Waals surface area contributed by atoms with Crippen LogP contribution in [0.3, 0.4) is 0 Å². The van der Waals surface area contributed by atoms with Crippen LogP contribution in [-0.4, -0.2) is 79.7 Å². The first kappa shape index (κ1) is 19.3. The number of benzene rings is 1. The Morgan fingerprint density at radius 2 is 2.00 bits per heavy atom. The number of fused-ring (bicyclic) bond motifs is 1. The lowest BCUT2D eigenvalue weighted by atomic mass is 10.0. The first-order chi connectivity index (χ1) is 13.6. The summed E-state index contributed by atoms with van der Waals surface area (Å²) < 4.78 is 5.53. The van der Waals surface area contributed by atoms with Gasteiger partial charge in [-0.2, -0.15) is 0 Å². The number of nitrogens with one attached hydrogen (secondary N) is 1. The zero-order valence-corrected chi connectivity index (χ0v) is 16.8. The van der Waals surface area contributed by atoms with Crippen LogP contribution in [0.4, 0.5) is 0 Å². The van der Waals surface area contributed by atoms with E-state index in [1.165, 1.54) is 0 Å². The highest BCUT2D eigenvalue weighted by atomic mass is 16.5. The summed E-state index contributed by atoms with van der Waals surface area (Å²) in [5.41, 5.74) is 0.520. The third kappa shape index (κ3) is 4.19. The van der Waals surface area contributed by atoms with Crippen molar-refractivity contribution in [1.29, 1.82) is 0 Å². The largest absolute Gasteiger partial charge is 0.381 e. The summed E-state index contributed by atoms with van der Waals surface area (Å²) in [5, 5.41) is 5.26.